The third-order valence-electron chi connectivity index (χ3n) is 7.28. The third kappa shape index (κ3) is 4.09. The van der Waals surface area contributed by atoms with Gasteiger partial charge in [-0.3, -0.25) is 4.79 Å². The molecule has 6 rings (SSSR count). The van der Waals surface area contributed by atoms with Crippen LogP contribution in [0.3, 0.4) is 0 Å². The molecule has 0 atom stereocenters. The highest BCUT2D eigenvalue weighted by molar-refractivity contribution is 7.89. The van der Waals surface area contributed by atoms with E-state index in [1.165, 1.54) is 0 Å². The topological polar surface area (TPSA) is 81.1 Å². The van der Waals surface area contributed by atoms with Crippen molar-refractivity contribution in [2.24, 2.45) is 5.92 Å². The number of amides is 1. The van der Waals surface area contributed by atoms with E-state index in [0.717, 1.165) is 33.6 Å². The van der Waals surface area contributed by atoms with Crippen molar-refractivity contribution in [3.05, 3.63) is 119 Å². The van der Waals surface area contributed by atoms with Gasteiger partial charge in [-0.25, -0.2) is 0 Å². The molecule has 3 aromatic carbocycles. The first kappa shape index (κ1) is 23.4. The minimum absolute atomic E-state index is 0.0326. The molecule has 0 saturated heterocycles. The number of hydrogen-bond acceptors (Lipinski definition) is 4. The van der Waals surface area contributed by atoms with Crippen LogP contribution in [0.15, 0.2) is 95.9 Å². The van der Waals surface area contributed by atoms with Crippen LogP contribution in [0.25, 0.3) is 6.08 Å². The van der Waals surface area contributed by atoms with Gasteiger partial charge >= 0.3 is 0 Å². The number of carbonyl (C=O) groups excluding carboxylic acids is 1. The molecule has 1 heterocycles. The molecular formula is C30H27N3O3S. The Morgan fingerprint density at radius 2 is 1.51 bits per heavy atom. The average Bonchev–Trinajstić information content (AvgIpc) is 3.72. The zero-order valence-electron chi connectivity index (χ0n) is 20.5. The zero-order chi connectivity index (χ0) is 25.6. The van der Waals surface area contributed by atoms with Crippen LogP contribution in [0.4, 0.5) is 5.82 Å². The second kappa shape index (κ2) is 8.85. The van der Waals surface area contributed by atoms with Gasteiger partial charge < -0.3 is 5.32 Å². The summed E-state index contributed by atoms with van der Waals surface area (Å²) in [6.45, 7) is 1.91. The van der Waals surface area contributed by atoms with Gasteiger partial charge in [0.25, 0.3) is 10.0 Å². The molecule has 6 nitrogen and oxygen atoms in total. The predicted octanol–water partition coefficient (Wildman–Crippen LogP) is 5.33. The minimum Gasteiger partial charge on any atom is -0.308 e. The summed E-state index contributed by atoms with van der Waals surface area (Å²) < 4.78 is 28.9. The van der Waals surface area contributed by atoms with Gasteiger partial charge in [0, 0.05) is 23.3 Å². The molecule has 0 unspecified atom stereocenters. The van der Waals surface area contributed by atoms with Gasteiger partial charge in [-0.15, -0.1) is 5.10 Å². The van der Waals surface area contributed by atoms with E-state index < -0.39 is 15.4 Å². The number of anilines is 1. The summed E-state index contributed by atoms with van der Waals surface area (Å²) in [7, 11) is -4.01. The van der Waals surface area contributed by atoms with Crippen molar-refractivity contribution in [3.8, 4) is 0 Å². The summed E-state index contributed by atoms with van der Waals surface area (Å²) in [5.41, 5.74) is 3.63. The number of nitrogens with zero attached hydrogens (tertiary/aromatic N) is 2. The lowest BCUT2D eigenvalue weighted by atomic mass is 9.68. The van der Waals surface area contributed by atoms with Crippen molar-refractivity contribution in [1.29, 1.82) is 0 Å². The molecule has 186 valence electrons. The number of rotatable bonds is 6. The van der Waals surface area contributed by atoms with Crippen LogP contribution in [0.1, 0.15) is 40.8 Å². The molecule has 4 aromatic rings. The van der Waals surface area contributed by atoms with E-state index in [2.05, 4.69) is 40.8 Å². The molecule has 1 saturated carbocycles. The Morgan fingerprint density at radius 3 is 2.08 bits per heavy atom. The second-order valence-electron chi connectivity index (χ2n) is 9.85. The molecule has 1 N–H and O–H groups in total. The normalized spacial score (nSPS) is 16.2. The molecule has 1 fully saturated rings. The van der Waals surface area contributed by atoms with Crippen LogP contribution in [0.2, 0.25) is 0 Å². The summed E-state index contributed by atoms with van der Waals surface area (Å²) in [6, 6.07) is 26.9. The van der Waals surface area contributed by atoms with Crippen molar-refractivity contribution >= 4 is 27.8 Å². The lowest BCUT2D eigenvalue weighted by Gasteiger charge is -2.35. The van der Waals surface area contributed by atoms with E-state index in [4.69, 9.17) is 0 Å². The molecule has 7 heteroatoms. The molecular weight excluding hydrogens is 482 g/mol. The standard InChI is InChI=1S/C30H27N3O3S/c1-21-12-16-25(17-13-21)37(35,36)33-27-20-30(23-8-4-2-5-9-23,24-10-6-3-7-11-24)19-18-26(27)28(32-33)31-29(34)22-14-15-22/h2-13,16-19,22H,14-15,20H2,1H3,(H,31,32,34). The first-order chi connectivity index (χ1) is 17.9. The number of fused-ring (bicyclic) bond motifs is 1. The van der Waals surface area contributed by atoms with Gasteiger partial charge in [0.1, 0.15) is 0 Å². The van der Waals surface area contributed by atoms with E-state index >= 15 is 0 Å². The number of carbonyl (C=O) groups is 1. The highest BCUT2D eigenvalue weighted by Gasteiger charge is 2.40. The van der Waals surface area contributed by atoms with Crippen LogP contribution in [-0.2, 0) is 26.7 Å². The Morgan fingerprint density at radius 1 is 0.919 bits per heavy atom. The molecule has 1 aromatic heterocycles. The average molecular weight is 510 g/mol. The van der Waals surface area contributed by atoms with Gasteiger partial charge in [0.05, 0.1) is 10.6 Å². The van der Waals surface area contributed by atoms with Gasteiger partial charge in [0.15, 0.2) is 5.82 Å². The molecule has 37 heavy (non-hydrogen) atoms. The van der Waals surface area contributed by atoms with Gasteiger partial charge in [-0.05, 0) is 43.0 Å². The number of aryl methyl sites for hydroxylation is 1. The Hall–Kier alpha value is -3.97. The largest absolute Gasteiger partial charge is 0.308 e. The lowest BCUT2D eigenvalue weighted by molar-refractivity contribution is -0.117. The maximum absolute atomic E-state index is 13.9. The van der Waals surface area contributed by atoms with Crippen LogP contribution < -0.4 is 5.32 Å². The van der Waals surface area contributed by atoms with Crippen LogP contribution >= 0.6 is 0 Å². The number of aromatic nitrogens is 2. The number of allylic oxidation sites excluding steroid dienone is 1. The lowest BCUT2D eigenvalue weighted by Crippen LogP contribution is -2.32. The zero-order valence-corrected chi connectivity index (χ0v) is 21.3. The summed E-state index contributed by atoms with van der Waals surface area (Å²) in [5.74, 6) is 0.139. The Balaban J connectivity index is 1.55. The quantitative estimate of drug-likeness (QED) is 0.381. The molecule has 0 radical (unpaired) electrons. The van der Waals surface area contributed by atoms with Crippen molar-refractivity contribution < 1.29 is 13.2 Å². The number of benzene rings is 3. The Labute approximate surface area is 216 Å². The molecule has 0 aliphatic heterocycles. The first-order valence-corrected chi connectivity index (χ1v) is 13.9. The second-order valence-corrected chi connectivity index (χ2v) is 11.6. The van der Waals surface area contributed by atoms with Crippen molar-refractivity contribution in [2.45, 2.75) is 36.5 Å². The number of hydrogen-bond donors (Lipinski definition) is 1. The van der Waals surface area contributed by atoms with Crippen molar-refractivity contribution in [3.63, 3.8) is 0 Å². The van der Waals surface area contributed by atoms with E-state index in [-0.39, 0.29) is 22.5 Å². The first-order valence-electron chi connectivity index (χ1n) is 12.4. The van der Waals surface area contributed by atoms with Crippen LogP contribution in [-0.4, -0.2) is 23.5 Å². The fourth-order valence-electron chi connectivity index (χ4n) is 5.03. The van der Waals surface area contributed by atoms with Crippen molar-refractivity contribution in [1.82, 2.24) is 9.19 Å². The molecule has 2 aliphatic carbocycles. The highest BCUT2D eigenvalue weighted by Crippen LogP contribution is 2.44. The van der Waals surface area contributed by atoms with E-state index in [0.29, 0.717) is 17.7 Å². The van der Waals surface area contributed by atoms with Gasteiger partial charge in [0.2, 0.25) is 5.91 Å². The Bertz CT molecular complexity index is 1560. The third-order valence-corrected chi connectivity index (χ3v) is 8.91. The SMILES string of the molecule is Cc1ccc(S(=O)(=O)n2nc(NC(=O)C3CC3)c3c2CC(c2ccccc2)(c2ccccc2)C=C3)cc1. The highest BCUT2D eigenvalue weighted by atomic mass is 32.2. The summed E-state index contributed by atoms with van der Waals surface area (Å²) in [6.07, 6.45) is 6.08. The maximum Gasteiger partial charge on any atom is 0.283 e. The van der Waals surface area contributed by atoms with Gasteiger partial charge in [-0.2, -0.15) is 12.5 Å². The maximum atomic E-state index is 13.9. The van der Waals surface area contributed by atoms with E-state index in [1.807, 2.05) is 49.4 Å². The monoisotopic (exact) mass is 509 g/mol. The molecule has 0 bridgehead atoms. The van der Waals surface area contributed by atoms with Gasteiger partial charge in [-0.1, -0.05) is 90.5 Å². The fourth-order valence-corrected chi connectivity index (χ4v) is 6.35. The number of nitrogens with one attached hydrogen (secondary N) is 1. The molecule has 1 amide bonds. The Kier molecular flexibility index (Phi) is 5.60. The predicted molar refractivity (Wildman–Crippen MR) is 144 cm³/mol. The summed E-state index contributed by atoms with van der Waals surface area (Å²) >= 11 is 0. The minimum atomic E-state index is -4.01. The van der Waals surface area contributed by atoms with Crippen LogP contribution in [0, 0.1) is 12.8 Å². The smallest absolute Gasteiger partial charge is 0.283 e. The summed E-state index contributed by atoms with van der Waals surface area (Å²) in [5, 5.41) is 7.42. The molecule has 0 spiro atoms. The molecule has 2 aliphatic rings. The van der Waals surface area contributed by atoms with Crippen LogP contribution in [0.5, 0.6) is 0 Å². The van der Waals surface area contributed by atoms with E-state index in [1.54, 1.807) is 24.3 Å². The van der Waals surface area contributed by atoms with Crippen molar-refractivity contribution in [2.75, 3.05) is 5.32 Å². The fraction of sp³-hybridized carbons (Fsp3) is 0.200. The van der Waals surface area contributed by atoms with E-state index in [9.17, 15) is 13.2 Å². The summed E-state index contributed by atoms with van der Waals surface area (Å²) in [4.78, 5) is 12.8.